The van der Waals surface area contributed by atoms with Crippen LogP contribution in [0.4, 0.5) is 5.82 Å². The Morgan fingerprint density at radius 3 is 2.56 bits per heavy atom. The van der Waals surface area contributed by atoms with Gasteiger partial charge < -0.3 is 4.90 Å². The molecule has 2 heterocycles. The van der Waals surface area contributed by atoms with E-state index < -0.39 is 15.9 Å². The van der Waals surface area contributed by atoms with Gasteiger partial charge in [-0.3, -0.25) is 10.0 Å². The fraction of sp³-hybridized carbons (Fsp3) is 0.222. The van der Waals surface area contributed by atoms with Crippen molar-refractivity contribution in [2.45, 2.75) is 4.90 Å². The van der Waals surface area contributed by atoms with Gasteiger partial charge in [0.1, 0.15) is 5.82 Å². The average Bonchev–Trinajstić information content (AvgIpc) is 2.73. The minimum Gasteiger partial charge on any atom is -0.354 e. The van der Waals surface area contributed by atoms with Crippen molar-refractivity contribution in [3.63, 3.8) is 0 Å². The molecule has 8 nitrogen and oxygen atoms in total. The number of carbonyl (C=O) groups is 1. The van der Waals surface area contributed by atoms with E-state index in [9.17, 15) is 13.2 Å². The first-order valence-electron chi connectivity index (χ1n) is 8.39. The third-order valence-electron chi connectivity index (χ3n) is 4.25. The van der Waals surface area contributed by atoms with Crippen LogP contribution in [0.25, 0.3) is 6.08 Å². The number of carbonyl (C=O) groups excluding carboxylic acids is 1. The third kappa shape index (κ3) is 4.51. The van der Waals surface area contributed by atoms with E-state index in [4.69, 9.17) is 5.21 Å². The topological polar surface area (TPSA) is 103 Å². The summed E-state index contributed by atoms with van der Waals surface area (Å²) in [4.78, 5) is 17.6. The van der Waals surface area contributed by atoms with Gasteiger partial charge in [0.05, 0.1) is 4.90 Å². The van der Waals surface area contributed by atoms with E-state index in [0.29, 0.717) is 31.7 Å². The molecule has 1 amide bonds. The number of anilines is 1. The summed E-state index contributed by atoms with van der Waals surface area (Å²) in [6, 6.07) is 12.0. The van der Waals surface area contributed by atoms with Gasteiger partial charge in [-0.15, -0.1) is 0 Å². The van der Waals surface area contributed by atoms with Gasteiger partial charge in [-0.1, -0.05) is 18.2 Å². The number of pyridine rings is 1. The lowest BCUT2D eigenvalue weighted by Gasteiger charge is -2.34. The molecule has 0 saturated carbocycles. The van der Waals surface area contributed by atoms with Crippen LogP contribution in [-0.2, 0) is 14.8 Å². The van der Waals surface area contributed by atoms with Crippen LogP contribution in [0.1, 0.15) is 5.56 Å². The van der Waals surface area contributed by atoms with Crippen LogP contribution >= 0.6 is 0 Å². The summed E-state index contributed by atoms with van der Waals surface area (Å²) >= 11 is 0. The Balaban J connectivity index is 1.72. The highest BCUT2D eigenvalue weighted by Gasteiger charge is 2.28. The first-order valence-corrected chi connectivity index (χ1v) is 9.83. The number of piperazine rings is 1. The molecule has 1 aliphatic heterocycles. The fourth-order valence-corrected chi connectivity index (χ4v) is 4.31. The molecule has 2 aromatic rings. The minimum absolute atomic E-state index is 0.167. The summed E-state index contributed by atoms with van der Waals surface area (Å²) in [5.41, 5.74) is 2.04. The molecule has 27 heavy (non-hydrogen) atoms. The van der Waals surface area contributed by atoms with E-state index in [0.717, 1.165) is 11.9 Å². The van der Waals surface area contributed by atoms with Crippen LogP contribution in [0.5, 0.6) is 0 Å². The molecule has 1 aliphatic rings. The Labute approximate surface area is 157 Å². The van der Waals surface area contributed by atoms with E-state index in [1.165, 1.54) is 28.0 Å². The predicted molar refractivity (Wildman–Crippen MR) is 101 cm³/mol. The van der Waals surface area contributed by atoms with Gasteiger partial charge in [-0.25, -0.2) is 18.9 Å². The maximum absolute atomic E-state index is 12.9. The summed E-state index contributed by atoms with van der Waals surface area (Å²) in [5, 5.41) is 8.51. The number of amides is 1. The van der Waals surface area contributed by atoms with Crippen molar-refractivity contribution in [1.82, 2.24) is 14.8 Å². The Morgan fingerprint density at radius 1 is 1.11 bits per heavy atom. The molecular weight excluding hydrogens is 368 g/mol. The quantitative estimate of drug-likeness (QED) is 0.452. The van der Waals surface area contributed by atoms with E-state index in [2.05, 4.69) is 9.88 Å². The van der Waals surface area contributed by atoms with Crippen molar-refractivity contribution in [3.05, 3.63) is 60.3 Å². The molecule has 1 aromatic heterocycles. The number of rotatable bonds is 5. The summed E-state index contributed by atoms with van der Waals surface area (Å²) < 4.78 is 27.3. The Morgan fingerprint density at radius 2 is 1.89 bits per heavy atom. The van der Waals surface area contributed by atoms with Gasteiger partial charge in [-0.05, 0) is 35.9 Å². The zero-order chi connectivity index (χ0) is 19.3. The molecule has 0 unspecified atom stereocenters. The molecular formula is C18H20N4O4S. The highest BCUT2D eigenvalue weighted by atomic mass is 32.2. The summed E-state index contributed by atoms with van der Waals surface area (Å²) in [6.45, 7) is 1.86. The lowest BCUT2D eigenvalue weighted by Crippen LogP contribution is -2.48. The van der Waals surface area contributed by atoms with Crippen LogP contribution in [0, 0.1) is 0 Å². The van der Waals surface area contributed by atoms with Crippen LogP contribution in [0.3, 0.4) is 0 Å². The van der Waals surface area contributed by atoms with Crippen molar-refractivity contribution in [3.8, 4) is 0 Å². The Bertz CT molecular complexity index is 923. The SMILES string of the molecule is O=C(C=Cc1cccc(S(=O)(=O)N2CCN(c3ccccn3)CC2)c1)NO. The van der Waals surface area contributed by atoms with Gasteiger partial charge >= 0.3 is 0 Å². The largest absolute Gasteiger partial charge is 0.354 e. The zero-order valence-corrected chi connectivity index (χ0v) is 15.3. The van der Waals surface area contributed by atoms with Crippen LogP contribution in [0.2, 0.25) is 0 Å². The highest BCUT2D eigenvalue weighted by molar-refractivity contribution is 7.89. The second kappa shape index (κ2) is 8.30. The standard InChI is InChI=1S/C18H20N4O4S/c23-18(20-24)8-7-15-4-3-5-16(14-15)27(25,26)22-12-10-21(11-13-22)17-6-1-2-9-19-17/h1-9,14,24H,10-13H2,(H,20,23). The number of sulfonamides is 1. The molecule has 0 bridgehead atoms. The molecule has 142 valence electrons. The Kier molecular flexibility index (Phi) is 5.84. The van der Waals surface area contributed by atoms with Crippen molar-refractivity contribution < 1.29 is 18.4 Å². The van der Waals surface area contributed by atoms with Gasteiger partial charge in [0.15, 0.2) is 0 Å². The molecule has 1 fully saturated rings. The van der Waals surface area contributed by atoms with Crippen molar-refractivity contribution in [2.24, 2.45) is 0 Å². The predicted octanol–water partition coefficient (Wildman–Crippen LogP) is 1.11. The average molecular weight is 388 g/mol. The summed E-state index contributed by atoms with van der Waals surface area (Å²) in [7, 11) is -3.63. The molecule has 3 rings (SSSR count). The van der Waals surface area contributed by atoms with Gasteiger partial charge in [0.25, 0.3) is 5.91 Å². The van der Waals surface area contributed by atoms with Crippen molar-refractivity contribution in [2.75, 3.05) is 31.1 Å². The normalized spacial score (nSPS) is 15.8. The van der Waals surface area contributed by atoms with E-state index in [1.54, 1.807) is 18.3 Å². The van der Waals surface area contributed by atoms with Crippen LogP contribution < -0.4 is 10.4 Å². The number of hydroxylamine groups is 1. The fourth-order valence-electron chi connectivity index (χ4n) is 2.84. The number of aromatic nitrogens is 1. The third-order valence-corrected chi connectivity index (χ3v) is 6.14. The lowest BCUT2D eigenvalue weighted by molar-refractivity contribution is -0.124. The maximum atomic E-state index is 12.9. The first kappa shape index (κ1) is 19.0. The lowest BCUT2D eigenvalue weighted by atomic mass is 10.2. The molecule has 9 heteroatoms. The molecule has 2 N–H and O–H groups in total. The smallest absolute Gasteiger partial charge is 0.267 e. The van der Waals surface area contributed by atoms with E-state index in [1.807, 2.05) is 18.2 Å². The second-order valence-electron chi connectivity index (χ2n) is 5.96. The maximum Gasteiger partial charge on any atom is 0.267 e. The van der Waals surface area contributed by atoms with Gasteiger partial charge in [0.2, 0.25) is 10.0 Å². The number of nitrogens with zero attached hydrogens (tertiary/aromatic N) is 3. The number of nitrogens with one attached hydrogen (secondary N) is 1. The summed E-state index contributed by atoms with van der Waals surface area (Å²) in [5.74, 6) is 0.151. The van der Waals surface area contributed by atoms with Crippen molar-refractivity contribution in [1.29, 1.82) is 0 Å². The first-order chi connectivity index (χ1) is 13.0. The molecule has 0 radical (unpaired) electrons. The van der Waals surface area contributed by atoms with Gasteiger partial charge in [-0.2, -0.15) is 4.31 Å². The minimum atomic E-state index is -3.63. The molecule has 0 aliphatic carbocycles. The molecule has 1 aromatic carbocycles. The van der Waals surface area contributed by atoms with Gasteiger partial charge in [0, 0.05) is 38.5 Å². The number of benzene rings is 1. The zero-order valence-electron chi connectivity index (χ0n) is 14.5. The van der Waals surface area contributed by atoms with E-state index >= 15 is 0 Å². The molecule has 0 atom stereocenters. The molecule has 0 spiro atoms. The Hall–Kier alpha value is -2.75. The second-order valence-corrected chi connectivity index (χ2v) is 7.90. The molecule has 1 saturated heterocycles. The number of hydrogen-bond donors (Lipinski definition) is 2. The van der Waals surface area contributed by atoms with E-state index in [-0.39, 0.29) is 4.90 Å². The number of hydrogen-bond acceptors (Lipinski definition) is 6. The highest BCUT2D eigenvalue weighted by Crippen LogP contribution is 2.21. The monoisotopic (exact) mass is 388 g/mol. The van der Waals surface area contributed by atoms with Crippen molar-refractivity contribution >= 4 is 27.8 Å². The summed E-state index contributed by atoms with van der Waals surface area (Å²) in [6.07, 6.45) is 4.27. The van der Waals surface area contributed by atoms with Crippen LogP contribution in [0.15, 0.2) is 59.6 Å². The van der Waals surface area contributed by atoms with Crippen LogP contribution in [-0.4, -0.2) is 55.0 Å².